The van der Waals surface area contributed by atoms with Gasteiger partial charge in [0.25, 0.3) is 0 Å². The van der Waals surface area contributed by atoms with Crippen LogP contribution in [0.15, 0.2) is 91.3 Å². The van der Waals surface area contributed by atoms with Crippen LogP contribution in [0.5, 0.6) is 11.6 Å². The van der Waals surface area contributed by atoms with Crippen molar-refractivity contribution in [2.75, 3.05) is 0 Å². The van der Waals surface area contributed by atoms with E-state index in [1.54, 1.807) is 6.20 Å². The molecule has 0 fully saturated rings. The molecule has 6 rings (SSSR count). The molecule has 3 heterocycles. The second-order valence-electron chi connectivity index (χ2n) is 8.26. The van der Waals surface area contributed by atoms with Gasteiger partial charge in [-0.1, -0.05) is 29.7 Å². The quantitative estimate of drug-likeness (QED) is 0.192. The number of para-hydroxylation sites is 1. The first kappa shape index (κ1) is 23.0. The molecule has 0 atom stereocenters. The Labute approximate surface area is 218 Å². The van der Waals surface area contributed by atoms with E-state index in [1.807, 2.05) is 55.6 Å². The Kier molecular flexibility index (Phi) is 6.23. The van der Waals surface area contributed by atoms with E-state index in [1.165, 1.54) is 5.39 Å². The minimum atomic E-state index is 0. The first-order chi connectivity index (χ1) is 16.7. The molecule has 35 heavy (non-hydrogen) atoms. The maximum atomic E-state index is 6.08. The summed E-state index contributed by atoms with van der Waals surface area (Å²) in [5.41, 5.74) is 6.09. The molecule has 0 saturated carbocycles. The molecule has 3 aromatic heterocycles. The van der Waals surface area contributed by atoms with Gasteiger partial charge in [-0.25, -0.2) is 21.1 Å². The van der Waals surface area contributed by atoms with E-state index < -0.39 is 0 Å². The molecular formula is C30H21N3OPt. The van der Waals surface area contributed by atoms with Crippen LogP contribution in [0.4, 0.5) is 0 Å². The maximum Gasteiger partial charge on any atom is 2.00 e. The van der Waals surface area contributed by atoms with Crippen molar-refractivity contribution in [2.24, 2.45) is 0 Å². The van der Waals surface area contributed by atoms with Crippen LogP contribution in [0.2, 0.25) is 0 Å². The van der Waals surface area contributed by atoms with Crippen LogP contribution in [0.25, 0.3) is 38.8 Å². The molecule has 0 aliphatic carbocycles. The van der Waals surface area contributed by atoms with Crippen LogP contribution in [0.3, 0.4) is 0 Å². The zero-order valence-electron chi connectivity index (χ0n) is 19.2. The third kappa shape index (κ3) is 4.15. The molecule has 3 aromatic carbocycles. The third-order valence-corrected chi connectivity index (χ3v) is 6.16. The van der Waals surface area contributed by atoms with Gasteiger partial charge >= 0.3 is 21.1 Å². The molecule has 0 aliphatic heterocycles. The molecule has 0 N–H and O–H groups in total. The molecule has 172 valence electrons. The van der Waals surface area contributed by atoms with Gasteiger partial charge in [-0.05, 0) is 54.6 Å². The van der Waals surface area contributed by atoms with Crippen molar-refractivity contribution < 1.29 is 25.8 Å². The first-order valence-electron chi connectivity index (χ1n) is 11.2. The summed E-state index contributed by atoms with van der Waals surface area (Å²) in [5.74, 6) is 2.09. The number of aromatic nitrogens is 3. The van der Waals surface area contributed by atoms with E-state index in [0.29, 0.717) is 11.6 Å². The van der Waals surface area contributed by atoms with Gasteiger partial charge in [-0.3, -0.25) is 0 Å². The molecular weight excluding hydrogens is 613 g/mol. The number of hydrogen-bond donors (Lipinski definition) is 0. The fourth-order valence-corrected chi connectivity index (χ4v) is 4.25. The third-order valence-electron chi connectivity index (χ3n) is 6.16. The van der Waals surface area contributed by atoms with E-state index in [0.717, 1.165) is 44.5 Å². The minimum Gasteiger partial charge on any atom is -0.460 e. The fourth-order valence-electron chi connectivity index (χ4n) is 4.25. The average Bonchev–Trinajstić information content (AvgIpc) is 3.21. The number of hydrogen-bond acceptors (Lipinski definition) is 3. The monoisotopic (exact) mass is 634 g/mol. The predicted octanol–water partition coefficient (Wildman–Crippen LogP) is 7.25. The summed E-state index contributed by atoms with van der Waals surface area (Å²) in [6, 6.07) is 33.5. The van der Waals surface area contributed by atoms with E-state index in [4.69, 9.17) is 4.74 Å². The summed E-state index contributed by atoms with van der Waals surface area (Å²) >= 11 is 0. The van der Waals surface area contributed by atoms with Gasteiger partial charge in [-0.2, -0.15) is 24.3 Å². The summed E-state index contributed by atoms with van der Waals surface area (Å²) in [7, 11) is 0. The number of aryl methyl sites for hydroxylation is 1. The topological polar surface area (TPSA) is 39.9 Å². The van der Waals surface area contributed by atoms with Crippen molar-refractivity contribution >= 4 is 21.8 Å². The number of fused-ring (bicyclic) bond motifs is 3. The number of rotatable bonds is 4. The van der Waals surface area contributed by atoms with E-state index in [-0.39, 0.29) is 21.1 Å². The Morgan fingerprint density at radius 3 is 2.40 bits per heavy atom. The van der Waals surface area contributed by atoms with E-state index >= 15 is 0 Å². The zero-order chi connectivity index (χ0) is 23.1. The minimum absolute atomic E-state index is 0. The van der Waals surface area contributed by atoms with Crippen molar-refractivity contribution in [2.45, 2.75) is 13.8 Å². The predicted molar refractivity (Wildman–Crippen MR) is 135 cm³/mol. The first-order valence-corrected chi connectivity index (χ1v) is 11.2. The van der Waals surface area contributed by atoms with Crippen molar-refractivity contribution in [3.63, 3.8) is 0 Å². The normalized spacial score (nSPS) is 10.9. The average molecular weight is 635 g/mol. The SMILES string of the molecule is Cc1ccnc(Oc2[c-]c(-c3[c-]c4c(cc3)c3ccccc3n4-c3ccccn3)ccc2)c1C.[Pt+2]. The van der Waals surface area contributed by atoms with Gasteiger partial charge in [0.1, 0.15) is 5.82 Å². The molecule has 0 unspecified atom stereocenters. The molecule has 0 saturated heterocycles. The van der Waals surface area contributed by atoms with Crippen molar-refractivity contribution in [3.05, 3.63) is 115 Å². The number of benzene rings is 3. The van der Waals surface area contributed by atoms with Crippen molar-refractivity contribution in [3.8, 4) is 28.6 Å². The summed E-state index contributed by atoms with van der Waals surface area (Å²) in [6.45, 7) is 4.06. The molecule has 4 nitrogen and oxygen atoms in total. The molecule has 0 aliphatic rings. The van der Waals surface area contributed by atoms with Gasteiger partial charge in [-0.15, -0.1) is 18.2 Å². The van der Waals surface area contributed by atoms with Gasteiger partial charge in [0.2, 0.25) is 5.88 Å². The van der Waals surface area contributed by atoms with Crippen LogP contribution in [-0.2, 0) is 21.1 Å². The molecule has 0 amide bonds. The van der Waals surface area contributed by atoms with Crippen LogP contribution in [0.1, 0.15) is 11.1 Å². The molecule has 0 radical (unpaired) electrons. The summed E-state index contributed by atoms with van der Waals surface area (Å²) in [4.78, 5) is 9.00. The smallest absolute Gasteiger partial charge is 0.460 e. The van der Waals surface area contributed by atoms with Crippen LogP contribution >= 0.6 is 0 Å². The van der Waals surface area contributed by atoms with Gasteiger partial charge in [0.15, 0.2) is 0 Å². The van der Waals surface area contributed by atoms with Crippen molar-refractivity contribution in [1.29, 1.82) is 0 Å². The fraction of sp³-hybridized carbons (Fsp3) is 0.0667. The molecule has 5 heteroatoms. The van der Waals surface area contributed by atoms with Gasteiger partial charge < -0.3 is 9.30 Å². The Hall–Kier alpha value is -3.75. The maximum absolute atomic E-state index is 6.08. The van der Waals surface area contributed by atoms with Crippen LogP contribution < -0.4 is 4.74 Å². The van der Waals surface area contributed by atoms with Crippen LogP contribution in [-0.4, -0.2) is 14.5 Å². The molecule has 0 bridgehead atoms. The van der Waals surface area contributed by atoms with Crippen molar-refractivity contribution in [1.82, 2.24) is 14.5 Å². The van der Waals surface area contributed by atoms with Gasteiger partial charge in [0, 0.05) is 29.2 Å². The van der Waals surface area contributed by atoms with E-state index in [9.17, 15) is 0 Å². The largest absolute Gasteiger partial charge is 2.00 e. The summed E-state index contributed by atoms with van der Waals surface area (Å²) in [5, 5.41) is 2.31. The second kappa shape index (κ2) is 9.48. The zero-order valence-corrected chi connectivity index (χ0v) is 21.5. The summed E-state index contributed by atoms with van der Waals surface area (Å²) in [6.07, 6.45) is 3.58. The Morgan fingerprint density at radius 1 is 0.714 bits per heavy atom. The van der Waals surface area contributed by atoms with E-state index in [2.05, 4.69) is 70.0 Å². The second-order valence-corrected chi connectivity index (χ2v) is 8.26. The van der Waals surface area contributed by atoms with Gasteiger partial charge in [0.05, 0.1) is 0 Å². The Bertz CT molecular complexity index is 1660. The van der Waals surface area contributed by atoms with Crippen LogP contribution in [0, 0.1) is 26.0 Å². The Morgan fingerprint density at radius 2 is 1.54 bits per heavy atom. The summed E-state index contributed by atoms with van der Waals surface area (Å²) < 4.78 is 8.25. The molecule has 6 aromatic rings. The Balaban J connectivity index is 0.00000253. The number of pyridine rings is 2. The molecule has 0 spiro atoms. The standard InChI is InChI=1S/C30H21N3O.Pt/c1-20-15-17-32-30(21(20)2)34-24-9-7-8-22(18-24)23-13-14-26-25-10-3-4-11-27(25)33(28(26)19-23)29-12-5-6-16-31-29;/h3-17H,1-2H3;/q-2;+2. The number of nitrogens with zero attached hydrogens (tertiary/aromatic N) is 3. The number of ether oxygens (including phenoxy) is 1.